The van der Waals surface area contributed by atoms with E-state index in [0.29, 0.717) is 29.4 Å². The molecule has 152 valence electrons. The van der Waals surface area contributed by atoms with Crippen LogP contribution in [0.25, 0.3) is 5.76 Å². The number of methoxy groups -OCH3 is 1. The predicted octanol–water partition coefficient (Wildman–Crippen LogP) is 3.33. The number of ketones is 1. The van der Waals surface area contributed by atoms with Gasteiger partial charge in [0.25, 0.3) is 11.7 Å². The van der Waals surface area contributed by atoms with Crippen molar-refractivity contribution in [1.82, 2.24) is 9.80 Å². The van der Waals surface area contributed by atoms with E-state index in [9.17, 15) is 14.7 Å². The molecular weight excluding hydrogens is 392 g/mol. The van der Waals surface area contributed by atoms with E-state index in [1.54, 1.807) is 55.6 Å². The maximum atomic E-state index is 12.9. The molecule has 0 aliphatic carbocycles. The molecule has 3 rings (SSSR count). The number of aliphatic hydroxyl groups excluding tert-OH is 1. The summed E-state index contributed by atoms with van der Waals surface area (Å²) >= 11 is 5.93. The lowest BCUT2D eigenvalue weighted by atomic mass is 9.95. The highest BCUT2D eigenvalue weighted by atomic mass is 35.5. The number of carbonyl (C=O) groups is 2. The molecule has 1 amide bonds. The number of likely N-dealkylation sites (N-methyl/N-ethyl adjacent to an activating group) is 1. The minimum Gasteiger partial charge on any atom is -0.507 e. The Bertz CT molecular complexity index is 936. The van der Waals surface area contributed by atoms with Crippen molar-refractivity contribution in [2.24, 2.45) is 0 Å². The van der Waals surface area contributed by atoms with E-state index in [1.807, 2.05) is 19.0 Å². The maximum Gasteiger partial charge on any atom is 0.295 e. The zero-order chi connectivity index (χ0) is 21.1. The highest BCUT2D eigenvalue weighted by Gasteiger charge is 2.45. The normalized spacial score (nSPS) is 18.5. The van der Waals surface area contributed by atoms with Crippen LogP contribution in [0.4, 0.5) is 0 Å². The Morgan fingerprint density at radius 3 is 2.28 bits per heavy atom. The van der Waals surface area contributed by atoms with Gasteiger partial charge in [0.05, 0.1) is 18.7 Å². The average Bonchev–Trinajstić information content (AvgIpc) is 2.97. The Morgan fingerprint density at radius 2 is 1.72 bits per heavy atom. The molecule has 2 aromatic carbocycles. The lowest BCUT2D eigenvalue weighted by Crippen LogP contribution is -2.35. The Labute approximate surface area is 174 Å². The lowest BCUT2D eigenvalue weighted by Gasteiger charge is -2.26. The first-order valence-electron chi connectivity index (χ1n) is 9.16. The van der Waals surface area contributed by atoms with Gasteiger partial charge in [-0.05, 0) is 56.1 Å². The first-order valence-corrected chi connectivity index (χ1v) is 9.54. The summed E-state index contributed by atoms with van der Waals surface area (Å²) in [5.74, 6) is -0.870. The summed E-state index contributed by atoms with van der Waals surface area (Å²) in [7, 11) is 5.36. The molecule has 6 nitrogen and oxygen atoms in total. The van der Waals surface area contributed by atoms with E-state index < -0.39 is 17.7 Å². The van der Waals surface area contributed by atoms with Crippen LogP contribution in [0.15, 0.2) is 54.1 Å². The van der Waals surface area contributed by atoms with Crippen molar-refractivity contribution in [2.75, 3.05) is 34.3 Å². The van der Waals surface area contributed by atoms with E-state index >= 15 is 0 Å². The first kappa shape index (κ1) is 20.9. The molecule has 0 saturated carbocycles. The van der Waals surface area contributed by atoms with Crippen LogP contribution in [0.3, 0.4) is 0 Å². The quantitative estimate of drug-likeness (QED) is 0.446. The predicted molar refractivity (Wildman–Crippen MR) is 112 cm³/mol. The Hall–Kier alpha value is -2.83. The van der Waals surface area contributed by atoms with E-state index in [4.69, 9.17) is 16.3 Å². The molecule has 0 aromatic heterocycles. The molecule has 0 bridgehead atoms. The SMILES string of the molecule is COc1ccc([C@@H]2/C(=C(\O)c3ccc(Cl)cc3)C(=O)C(=O)N2CCN(C)C)cc1. The van der Waals surface area contributed by atoms with Gasteiger partial charge in [0, 0.05) is 23.7 Å². The van der Waals surface area contributed by atoms with Crippen LogP contribution in [-0.4, -0.2) is 60.9 Å². The topological polar surface area (TPSA) is 70.1 Å². The Balaban J connectivity index is 2.12. The largest absolute Gasteiger partial charge is 0.507 e. The number of ether oxygens (including phenoxy) is 1. The molecule has 7 heteroatoms. The number of benzene rings is 2. The minimum absolute atomic E-state index is 0.0706. The second kappa shape index (κ2) is 8.68. The Kier molecular flexibility index (Phi) is 6.25. The van der Waals surface area contributed by atoms with Gasteiger partial charge in [0.15, 0.2) is 0 Å². The van der Waals surface area contributed by atoms with Gasteiger partial charge in [-0.2, -0.15) is 0 Å². The third-order valence-corrected chi connectivity index (χ3v) is 5.13. The van der Waals surface area contributed by atoms with Crippen molar-refractivity contribution in [1.29, 1.82) is 0 Å². The van der Waals surface area contributed by atoms with Gasteiger partial charge in [0.1, 0.15) is 11.5 Å². The van der Waals surface area contributed by atoms with Crippen LogP contribution in [0.1, 0.15) is 17.2 Å². The fourth-order valence-electron chi connectivity index (χ4n) is 3.31. The van der Waals surface area contributed by atoms with Gasteiger partial charge in [-0.3, -0.25) is 9.59 Å². The smallest absolute Gasteiger partial charge is 0.295 e. The van der Waals surface area contributed by atoms with Crippen LogP contribution in [0.2, 0.25) is 5.02 Å². The number of likely N-dealkylation sites (tertiary alicyclic amines) is 1. The number of hydrogen-bond acceptors (Lipinski definition) is 5. The third kappa shape index (κ3) is 4.28. The standard InChI is InChI=1S/C22H23ClN2O4/c1-24(2)12-13-25-19(14-6-10-17(29-3)11-7-14)18(21(27)22(25)28)20(26)15-4-8-16(23)9-5-15/h4-11,19,26H,12-13H2,1-3H3/b20-18+/t19-/m1/s1. The molecule has 1 heterocycles. The van der Waals surface area contributed by atoms with E-state index in [2.05, 4.69) is 0 Å². The highest BCUT2D eigenvalue weighted by Crippen LogP contribution is 2.39. The summed E-state index contributed by atoms with van der Waals surface area (Å²) in [5.41, 5.74) is 1.22. The van der Waals surface area contributed by atoms with Gasteiger partial charge in [0.2, 0.25) is 0 Å². The molecule has 0 spiro atoms. The molecule has 1 aliphatic rings. The van der Waals surface area contributed by atoms with E-state index in [-0.39, 0.29) is 11.3 Å². The summed E-state index contributed by atoms with van der Waals surface area (Å²) in [6.07, 6.45) is 0. The number of Topliss-reactive ketones (excluding diaryl/α,β-unsaturated/α-hetero) is 1. The highest BCUT2D eigenvalue weighted by molar-refractivity contribution is 6.46. The van der Waals surface area contributed by atoms with Crippen molar-refractivity contribution in [3.63, 3.8) is 0 Å². The lowest BCUT2D eigenvalue weighted by molar-refractivity contribution is -0.140. The fraction of sp³-hybridized carbons (Fsp3) is 0.273. The second-order valence-corrected chi connectivity index (χ2v) is 7.51. The van der Waals surface area contributed by atoms with Crippen molar-refractivity contribution in [3.8, 4) is 5.75 Å². The summed E-state index contributed by atoms with van der Waals surface area (Å²) in [4.78, 5) is 29.1. The van der Waals surface area contributed by atoms with Crippen molar-refractivity contribution in [3.05, 3.63) is 70.3 Å². The van der Waals surface area contributed by atoms with Gasteiger partial charge in [-0.15, -0.1) is 0 Å². The fourth-order valence-corrected chi connectivity index (χ4v) is 3.44. The van der Waals surface area contributed by atoms with Crippen LogP contribution in [-0.2, 0) is 9.59 Å². The molecule has 1 fully saturated rings. The molecule has 1 atom stereocenters. The Morgan fingerprint density at radius 1 is 1.10 bits per heavy atom. The maximum absolute atomic E-state index is 12.9. The second-order valence-electron chi connectivity index (χ2n) is 7.08. The molecule has 29 heavy (non-hydrogen) atoms. The van der Waals surface area contributed by atoms with Crippen LogP contribution in [0, 0.1) is 0 Å². The number of carbonyl (C=O) groups excluding carboxylic acids is 2. The molecule has 1 saturated heterocycles. The monoisotopic (exact) mass is 414 g/mol. The average molecular weight is 415 g/mol. The van der Waals surface area contributed by atoms with Crippen molar-refractivity contribution in [2.45, 2.75) is 6.04 Å². The number of aliphatic hydroxyl groups is 1. The summed E-state index contributed by atoms with van der Waals surface area (Å²) in [6.45, 7) is 0.937. The molecule has 0 unspecified atom stereocenters. The third-order valence-electron chi connectivity index (χ3n) is 4.88. The van der Waals surface area contributed by atoms with Crippen molar-refractivity contribution < 1.29 is 19.4 Å². The van der Waals surface area contributed by atoms with Crippen LogP contribution >= 0.6 is 11.6 Å². The number of rotatable bonds is 6. The van der Waals surface area contributed by atoms with Gasteiger partial charge in [-0.1, -0.05) is 23.7 Å². The van der Waals surface area contributed by atoms with Crippen LogP contribution in [0.5, 0.6) is 5.75 Å². The van der Waals surface area contributed by atoms with Gasteiger partial charge >= 0.3 is 0 Å². The molecule has 1 aliphatic heterocycles. The summed E-state index contributed by atoms with van der Waals surface area (Å²) < 4.78 is 5.21. The minimum atomic E-state index is -0.697. The van der Waals surface area contributed by atoms with Gasteiger partial charge in [-0.25, -0.2) is 0 Å². The van der Waals surface area contributed by atoms with Gasteiger partial charge < -0.3 is 19.6 Å². The zero-order valence-electron chi connectivity index (χ0n) is 16.6. The number of amides is 1. The molecule has 1 N–H and O–H groups in total. The molecule has 2 aromatic rings. The molecular formula is C22H23ClN2O4. The van der Waals surface area contributed by atoms with E-state index in [0.717, 1.165) is 5.56 Å². The summed E-state index contributed by atoms with van der Waals surface area (Å²) in [5, 5.41) is 11.4. The number of nitrogens with zero attached hydrogens (tertiary/aromatic N) is 2. The van der Waals surface area contributed by atoms with Crippen molar-refractivity contribution >= 4 is 29.1 Å². The summed E-state index contributed by atoms with van der Waals surface area (Å²) in [6, 6.07) is 12.9. The zero-order valence-corrected chi connectivity index (χ0v) is 17.3. The first-order chi connectivity index (χ1) is 13.8. The van der Waals surface area contributed by atoms with E-state index in [1.165, 1.54) is 4.90 Å². The van der Waals surface area contributed by atoms with Crippen LogP contribution < -0.4 is 4.74 Å². The molecule has 0 radical (unpaired) electrons. The number of halogens is 1. The number of hydrogen-bond donors (Lipinski definition) is 1.